The second-order valence-electron chi connectivity index (χ2n) is 9.09. The van der Waals surface area contributed by atoms with E-state index in [1.54, 1.807) is 4.90 Å². The quantitative estimate of drug-likeness (QED) is 0.736. The van der Waals surface area contributed by atoms with Crippen molar-refractivity contribution in [3.05, 3.63) is 35.9 Å². The summed E-state index contributed by atoms with van der Waals surface area (Å²) in [6.45, 7) is 9.89. The average Bonchev–Trinajstić information content (AvgIpc) is 2.70. The van der Waals surface area contributed by atoms with Gasteiger partial charge in [0.05, 0.1) is 5.41 Å². The predicted octanol–water partition coefficient (Wildman–Crippen LogP) is 3.57. The number of piperidine rings is 1. The van der Waals surface area contributed by atoms with Crippen molar-refractivity contribution in [2.45, 2.75) is 70.9 Å². The van der Waals surface area contributed by atoms with E-state index < -0.39 is 29.1 Å². The van der Waals surface area contributed by atoms with Gasteiger partial charge in [0.25, 0.3) is 0 Å². The topological polar surface area (TPSA) is 95.9 Å². The number of likely N-dealkylation sites (tertiary alicyclic amines) is 1. The molecule has 30 heavy (non-hydrogen) atoms. The van der Waals surface area contributed by atoms with Crippen molar-refractivity contribution in [2.75, 3.05) is 13.1 Å². The lowest BCUT2D eigenvalue weighted by molar-refractivity contribution is -0.144. The molecule has 2 N–H and O–H groups in total. The minimum absolute atomic E-state index is 0.193. The van der Waals surface area contributed by atoms with Gasteiger partial charge in [-0.25, -0.2) is 9.59 Å². The summed E-state index contributed by atoms with van der Waals surface area (Å²) >= 11 is 0. The van der Waals surface area contributed by atoms with E-state index in [-0.39, 0.29) is 11.8 Å². The molecule has 7 heteroatoms. The highest BCUT2D eigenvalue weighted by Crippen LogP contribution is 2.36. The van der Waals surface area contributed by atoms with Crippen LogP contribution in [0.3, 0.4) is 0 Å². The molecule has 2 rings (SSSR count). The maximum absolute atomic E-state index is 13.5. The third kappa shape index (κ3) is 5.52. The number of amides is 2. The molecule has 1 saturated heterocycles. The Balaban J connectivity index is 2.26. The summed E-state index contributed by atoms with van der Waals surface area (Å²) in [5.41, 5.74) is -0.645. The molecule has 1 aromatic rings. The summed E-state index contributed by atoms with van der Waals surface area (Å²) in [4.78, 5) is 39.3. The summed E-state index contributed by atoms with van der Waals surface area (Å²) in [5.74, 6) is -1.53. The fourth-order valence-electron chi connectivity index (χ4n) is 3.76. The molecule has 1 fully saturated rings. The van der Waals surface area contributed by atoms with Crippen LogP contribution in [0, 0.1) is 5.92 Å². The van der Waals surface area contributed by atoms with Crippen molar-refractivity contribution < 1.29 is 24.2 Å². The van der Waals surface area contributed by atoms with Gasteiger partial charge in [0.2, 0.25) is 5.91 Å². The Morgan fingerprint density at radius 1 is 1.17 bits per heavy atom. The molecule has 0 aromatic heterocycles. The van der Waals surface area contributed by atoms with Gasteiger partial charge in [0, 0.05) is 13.1 Å². The zero-order valence-electron chi connectivity index (χ0n) is 18.6. The Bertz CT molecular complexity index is 749. The molecule has 1 aliphatic rings. The molecule has 0 unspecified atom stereocenters. The van der Waals surface area contributed by atoms with Crippen LogP contribution < -0.4 is 5.32 Å². The van der Waals surface area contributed by atoms with E-state index in [0.717, 1.165) is 5.56 Å². The summed E-state index contributed by atoms with van der Waals surface area (Å²) in [6, 6.07) is 8.45. The van der Waals surface area contributed by atoms with Gasteiger partial charge >= 0.3 is 12.1 Å². The zero-order chi connectivity index (χ0) is 22.5. The summed E-state index contributed by atoms with van der Waals surface area (Å²) < 4.78 is 5.46. The molecule has 0 aliphatic carbocycles. The fourth-order valence-corrected chi connectivity index (χ4v) is 3.76. The first-order valence-corrected chi connectivity index (χ1v) is 10.6. The summed E-state index contributed by atoms with van der Waals surface area (Å²) in [7, 11) is 0. The first-order valence-electron chi connectivity index (χ1n) is 10.6. The zero-order valence-corrected chi connectivity index (χ0v) is 18.6. The Morgan fingerprint density at radius 2 is 1.73 bits per heavy atom. The average molecular weight is 419 g/mol. The van der Waals surface area contributed by atoms with E-state index in [4.69, 9.17) is 4.74 Å². The number of carbonyl (C=O) groups is 3. The molecule has 166 valence electrons. The Kier molecular flexibility index (Phi) is 7.50. The Morgan fingerprint density at radius 3 is 2.20 bits per heavy atom. The molecule has 0 saturated carbocycles. The van der Waals surface area contributed by atoms with Crippen LogP contribution in [-0.2, 0) is 19.7 Å². The van der Waals surface area contributed by atoms with Crippen molar-refractivity contribution in [1.29, 1.82) is 0 Å². The molecule has 2 amide bonds. The number of carboxylic acid groups (broad SMARTS) is 1. The van der Waals surface area contributed by atoms with Gasteiger partial charge in [-0.1, -0.05) is 50.6 Å². The van der Waals surface area contributed by atoms with E-state index in [9.17, 15) is 19.5 Å². The lowest BCUT2D eigenvalue weighted by atomic mass is 9.71. The minimum Gasteiger partial charge on any atom is -0.480 e. The monoisotopic (exact) mass is 418 g/mol. The van der Waals surface area contributed by atoms with E-state index in [1.807, 2.05) is 65.0 Å². The molecule has 1 aliphatic heterocycles. The number of hydrogen-bond donors (Lipinski definition) is 2. The van der Waals surface area contributed by atoms with Gasteiger partial charge in [-0.2, -0.15) is 0 Å². The van der Waals surface area contributed by atoms with E-state index in [2.05, 4.69) is 5.32 Å². The molecule has 0 bridgehead atoms. The second-order valence-corrected chi connectivity index (χ2v) is 9.09. The highest BCUT2D eigenvalue weighted by molar-refractivity contribution is 5.92. The van der Waals surface area contributed by atoms with Crippen molar-refractivity contribution >= 4 is 18.0 Å². The minimum atomic E-state index is -1.04. The molecule has 7 nitrogen and oxygen atoms in total. The number of hydrogen-bond acceptors (Lipinski definition) is 4. The van der Waals surface area contributed by atoms with Crippen LogP contribution in [0.25, 0.3) is 0 Å². The van der Waals surface area contributed by atoms with Gasteiger partial charge < -0.3 is 20.1 Å². The Labute approximate surface area is 178 Å². The summed E-state index contributed by atoms with van der Waals surface area (Å²) in [5, 5.41) is 12.4. The SMILES string of the molecule is CC[C@@H](C)[C@@H](NC(=O)C1(c2ccccc2)CCN(C(=O)OC(C)(C)C)CC1)C(=O)O. The van der Waals surface area contributed by atoms with Crippen molar-refractivity contribution in [1.82, 2.24) is 10.2 Å². The maximum Gasteiger partial charge on any atom is 0.410 e. The second kappa shape index (κ2) is 9.49. The largest absolute Gasteiger partial charge is 0.480 e. The molecule has 2 atom stereocenters. The van der Waals surface area contributed by atoms with Crippen LogP contribution in [0.4, 0.5) is 4.79 Å². The van der Waals surface area contributed by atoms with Gasteiger partial charge in [-0.05, 0) is 45.1 Å². The number of carbonyl (C=O) groups excluding carboxylic acids is 2. The third-order valence-electron chi connectivity index (χ3n) is 5.80. The van der Waals surface area contributed by atoms with Crippen molar-refractivity contribution in [2.24, 2.45) is 5.92 Å². The first-order chi connectivity index (χ1) is 14.0. The number of aliphatic carboxylic acids is 1. The Hall–Kier alpha value is -2.57. The lowest BCUT2D eigenvalue weighted by Gasteiger charge is -2.42. The standard InChI is InChI=1S/C23H34N2O5/c1-6-16(2)18(19(26)27)24-20(28)23(17-10-8-7-9-11-17)12-14-25(15-13-23)21(29)30-22(3,4)5/h7-11,16,18H,6,12-15H2,1-5H3,(H,24,28)(H,26,27)/t16-,18-/m1/s1. The number of ether oxygens (including phenoxy) is 1. The highest BCUT2D eigenvalue weighted by atomic mass is 16.6. The predicted molar refractivity (Wildman–Crippen MR) is 114 cm³/mol. The van der Waals surface area contributed by atoms with E-state index >= 15 is 0 Å². The first kappa shape index (κ1) is 23.7. The number of nitrogens with one attached hydrogen (secondary N) is 1. The normalized spacial score (nSPS) is 18.2. The smallest absolute Gasteiger partial charge is 0.410 e. The van der Waals surface area contributed by atoms with Crippen LogP contribution in [0.2, 0.25) is 0 Å². The van der Waals surface area contributed by atoms with Crippen LogP contribution >= 0.6 is 0 Å². The number of rotatable bonds is 6. The van der Waals surface area contributed by atoms with Crippen LogP contribution in [-0.4, -0.2) is 52.7 Å². The van der Waals surface area contributed by atoms with E-state index in [0.29, 0.717) is 32.4 Å². The molecule has 1 heterocycles. The molecular weight excluding hydrogens is 384 g/mol. The number of benzene rings is 1. The van der Waals surface area contributed by atoms with Crippen LogP contribution in [0.15, 0.2) is 30.3 Å². The highest BCUT2D eigenvalue weighted by Gasteiger charge is 2.45. The van der Waals surface area contributed by atoms with Gasteiger partial charge in [-0.15, -0.1) is 0 Å². The van der Waals surface area contributed by atoms with Crippen LogP contribution in [0.5, 0.6) is 0 Å². The van der Waals surface area contributed by atoms with Gasteiger partial charge in [0.15, 0.2) is 0 Å². The third-order valence-corrected chi connectivity index (χ3v) is 5.80. The van der Waals surface area contributed by atoms with Gasteiger partial charge in [0.1, 0.15) is 11.6 Å². The maximum atomic E-state index is 13.5. The summed E-state index contributed by atoms with van der Waals surface area (Å²) in [6.07, 6.45) is 1.04. The molecule has 0 radical (unpaired) electrons. The van der Waals surface area contributed by atoms with Crippen molar-refractivity contribution in [3.63, 3.8) is 0 Å². The number of carboxylic acids is 1. The fraction of sp³-hybridized carbons (Fsp3) is 0.609. The molecule has 1 aromatic carbocycles. The molecular formula is C23H34N2O5. The number of nitrogens with zero attached hydrogens (tertiary/aromatic N) is 1. The lowest BCUT2D eigenvalue weighted by Crippen LogP contribution is -2.57. The van der Waals surface area contributed by atoms with E-state index in [1.165, 1.54) is 0 Å². The van der Waals surface area contributed by atoms with Crippen molar-refractivity contribution in [3.8, 4) is 0 Å². The van der Waals surface area contributed by atoms with Crippen LogP contribution in [0.1, 0.15) is 59.4 Å². The molecule has 0 spiro atoms. The van der Waals surface area contributed by atoms with Gasteiger partial charge in [-0.3, -0.25) is 4.79 Å².